The molecule has 0 atom stereocenters. The van der Waals surface area contributed by atoms with Crippen LogP contribution >= 0.6 is 0 Å². The molecule has 3 aromatic rings. The van der Waals surface area contributed by atoms with Crippen molar-refractivity contribution in [3.05, 3.63) is 64.9 Å². The quantitative estimate of drug-likeness (QED) is 0.805. The number of imidazole rings is 1. The lowest BCUT2D eigenvalue weighted by Gasteiger charge is -2.26. The summed E-state index contributed by atoms with van der Waals surface area (Å²) in [6.07, 6.45) is 1.64. The molecule has 5 nitrogen and oxygen atoms in total. The summed E-state index contributed by atoms with van der Waals surface area (Å²) in [7, 11) is 0. The molecule has 0 aliphatic carbocycles. The number of rotatable bonds is 3. The molecule has 0 unspecified atom stereocenters. The zero-order valence-corrected chi connectivity index (χ0v) is 14.7. The van der Waals surface area contributed by atoms with Gasteiger partial charge in [0.2, 0.25) is 0 Å². The standard InChI is InChI=1S/C19H22N4O/c1-12-6-8-15(9-7-12)19(4,5)22-18(24)16-17-21-13(2)10-14(3)23(17)11-20-16/h6-11H,1-5H3,(H,22,24). The van der Waals surface area contributed by atoms with Gasteiger partial charge in [0.25, 0.3) is 5.91 Å². The van der Waals surface area contributed by atoms with Crippen molar-refractivity contribution in [3.8, 4) is 0 Å². The zero-order valence-electron chi connectivity index (χ0n) is 14.7. The number of hydrogen-bond donors (Lipinski definition) is 1. The van der Waals surface area contributed by atoms with E-state index in [2.05, 4.69) is 15.3 Å². The van der Waals surface area contributed by atoms with Crippen molar-refractivity contribution in [1.82, 2.24) is 19.7 Å². The third kappa shape index (κ3) is 2.89. The highest BCUT2D eigenvalue weighted by Gasteiger charge is 2.26. The average Bonchev–Trinajstić information content (AvgIpc) is 2.91. The Bertz CT molecular complexity index is 907. The highest BCUT2D eigenvalue weighted by Crippen LogP contribution is 2.21. The van der Waals surface area contributed by atoms with Crippen molar-refractivity contribution in [2.75, 3.05) is 0 Å². The van der Waals surface area contributed by atoms with E-state index < -0.39 is 5.54 Å². The number of nitrogens with one attached hydrogen (secondary N) is 1. The topological polar surface area (TPSA) is 59.3 Å². The molecule has 24 heavy (non-hydrogen) atoms. The minimum atomic E-state index is -0.500. The Labute approximate surface area is 141 Å². The first kappa shape index (κ1) is 16.2. The second kappa shape index (κ2) is 5.74. The minimum Gasteiger partial charge on any atom is -0.342 e. The number of carbonyl (C=O) groups excluding carboxylic acids is 1. The van der Waals surface area contributed by atoms with Gasteiger partial charge in [0.1, 0.15) is 6.33 Å². The summed E-state index contributed by atoms with van der Waals surface area (Å²) in [5.74, 6) is -0.222. The number of carbonyl (C=O) groups is 1. The normalized spacial score (nSPS) is 11.7. The number of hydrogen-bond acceptors (Lipinski definition) is 3. The van der Waals surface area contributed by atoms with Crippen molar-refractivity contribution < 1.29 is 4.79 Å². The predicted molar refractivity (Wildman–Crippen MR) is 94.1 cm³/mol. The molecule has 0 aliphatic heterocycles. The maximum absolute atomic E-state index is 12.8. The molecule has 2 heterocycles. The van der Waals surface area contributed by atoms with E-state index in [4.69, 9.17) is 0 Å². The number of aromatic nitrogens is 3. The van der Waals surface area contributed by atoms with Crippen LogP contribution in [0.15, 0.2) is 36.7 Å². The Morgan fingerprint density at radius 3 is 2.46 bits per heavy atom. The number of aryl methyl sites for hydroxylation is 3. The van der Waals surface area contributed by atoms with Gasteiger partial charge in [0.15, 0.2) is 11.3 Å². The maximum atomic E-state index is 12.8. The van der Waals surface area contributed by atoms with Gasteiger partial charge in [-0.25, -0.2) is 9.97 Å². The first-order valence-electron chi connectivity index (χ1n) is 7.99. The van der Waals surface area contributed by atoms with Gasteiger partial charge >= 0.3 is 0 Å². The number of benzene rings is 1. The van der Waals surface area contributed by atoms with Crippen LogP contribution in [0.2, 0.25) is 0 Å². The Morgan fingerprint density at radius 2 is 1.79 bits per heavy atom. The summed E-state index contributed by atoms with van der Waals surface area (Å²) in [6.45, 7) is 9.90. The molecular weight excluding hydrogens is 300 g/mol. The van der Waals surface area contributed by atoms with E-state index in [-0.39, 0.29) is 5.91 Å². The van der Waals surface area contributed by atoms with E-state index in [1.54, 1.807) is 6.33 Å². The molecule has 1 N–H and O–H groups in total. The first-order chi connectivity index (χ1) is 11.3. The zero-order chi connectivity index (χ0) is 17.5. The lowest BCUT2D eigenvalue weighted by Crippen LogP contribution is -2.41. The SMILES string of the molecule is Cc1ccc(C(C)(C)NC(=O)c2ncn3c(C)cc(C)nc23)cc1. The van der Waals surface area contributed by atoms with Crippen LogP contribution in [0, 0.1) is 20.8 Å². The van der Waals surface area contributed by atoms with Crippen LogP contribution < -0.4 is 5.32 Å². The largest absolute Gasteiger partial charge is 0.342 e. The lowest BCUT2D eigenvalue weighted by atomic mass is 9.93. The van der Waals surface area contributed by atoms with Crippen LogP contribution in [0.3, 0.4) is 0 Å². The van der Waals surface area contributed by atoms with E-state index in [0.29, 0.717) is 11.3 Å². The monoisotopic (exact) mass is 322 g/mol. The van der Waals surface area contributed by atoms with Crippen molar-refractivity contribution in [1.29, 1.82) is 0 Å². The Morgan fingerprint density at radius 1 is 1.12 bits per heavy atom. The fraction of sp³-hybridized carbons (Fsp3) is 0.316. The Balaban J connectivity index is 1.93. The predicted octanol–water partition coefficient (Wildman–Crippen LogP) is 3.32. The molecule has 124 valence electrons. The fourth-order valence-corrected chi connectivity index (χ4v) is 2.82. The van der Waals surface area contributed by atoms with E-state index in [1.165, 1.54) is 5.56 Å². The van der Waals surface area contributed by atoms with E-state index in [9.17, 15) is 4.79 Å². The third-order valence-corrected chi connectivity index (χ3v) is 4.24. The lowest BCUT2D eigenvalue weighted by molar-refractivity contribution is 0.0909. The van der Waals surface area contributed by atoms with Gasteiger partial charge in [-0.2, -0.15) is 0 Å². The molecule has 1 amide bonds. The second-order valence-corrected chi connectivity index (χ2v) is 6.77. The molecule has 2 aromatic heterocycles. The summed E-state index contributed by atoms with van der Waals surface area (Å²) in [5, 5.41) is 3.07. The van der Waals surface area contributed by atoms with E-state index >= 15 is 0 Å². The van der Waals surface area contributed by atoms with Gasteiger partial charge < -0.3 is 5.32 Å². The summed E-state index contributed by atoms with van der Waals surface area (Å²) in [5.41, 5.74) is 4.54. The molecule has 3 rings (SSSR count). The van der Waals surface area contributed by atoms with Crippen molar-refractivity contribution in [2.24, 2.45) is 0 Å². The van der Waals surface area contributed by atoms with Gasteiger partial charge in [-0.3, -0.25) is 9.20 Å². The number of nitrogens with zero attached hydrogens (tertiary/aromatic N) is 3. The number of fused-ring (bicyclic) bond motifs is 1. The fourth-order valence-electron chi connectivity index (χ4n) is 2.82. The molecule has 0 radical (unpaired) electrons. The molecule has 0 spiro atoms. The average molecular weight is 322 g/mol. The van der Waals surface area contributed by atoms with Crippen LogP contribution in [0.25, 0.3) is 5.65 Å². The van der Waals surface area contributed by atoms with Gasteiger partial charge in [0, 0.05) is 11.4 Å². The van der Waals surface area contributed by atoms with Crippen molar-refractivity contribution in [3.63, 3.8) is 0 Å². The van der Waals surface area contributed by atoms with Crippen LogP contribution in [0.5, 0.6) is 0 Å². The molecule has 5 heteroatoms. The van der Waals surface area contributed by atoms with Crippen LogP contribution in [-0.4, -0.2) is 20.3 Å². The van der Waals surface area contributed by atoms with E-state index in [0.717, 1.165) is 17.0 Å². The van der Waals surface area contributed by atoms with Crippen LogP contribution in [-0.2, 0) is 5.54 Å². The molecule has 0 aliphatic rings. The molecular formula is C19H22N4O. The molecule has 0 saturated carbocycles. The summed E-state index contributed by atoms with van der Waals surface area (Å²) in [4.78, 5) is 21.5. The highest BCUT2D eigenvalue weighted by molar-refractivity contribution is 5.98. The number of amides is 1. The van der Waals surface area contributed by atoms with Crippen LogP contribution in [0.4, 0.5) is 0 Å². The summed E-state index contributed by atoms with van der Waals surface area (Å²) >= 11 is 0. The molecule has 0 bridgehead atoms. The minimum absolute atomic E-state index is 0.222. The van der Waals surface area contributed by atoms with Gasteiger partial charge in [-0.05, 0) is 46.2 Å². The van der Waals surface area contributed by atoms with Gasteiger partial charge in [-0.15, -0.1) is 0 Å². The van der Waals surface area contributed by atoms with Crippen molar-refractivity contribution >= 4 is 11.6 Å². The van der Waals surface area contributed by atoms with Gasteiger partial charge in [0.05, 0.1) is 5.54 Å². The van der Waals surface area contributed by atoms with Gasteiger partial charge in [-0.1, -0.05) is 29.8 Å². The first-order valence-corrected chi connectivity index (χ1v) is 7.99. The highest BCUT2D eigenvalue weighted by atomic mass is 16.2. The summed E-state index contributed by atoms with van der Waals surface area (Å²) in [6, 6.07) is 10.1. The van der Waals surface area contributed by atoms with Crippen LogP contribution in [0.1, 0.15) is 46.9 Å². The maximum Gasteiger partial charge on any atom is 0.274 e. The van der Waals surface area contributed by atoms with Crippen molar-refractivity contribution in [2.45, 2.75) is 40.2 Å². The molecule has 0 saturated heterocycles. The van der Waals surface area contributed by atoms with E-state index in [1.807, 2.05) is 69.4 Å². The third-order valence-electron chi connectivity index (χ3n) is 4.24. The molecule has 1 aromatic carbocycles. The summed E-state index contributed by atoms with van der Waals surface area (Å²) < 4.78 is 1.83. The molecule has 0 fully saturated rings. The second-order valence-electron chi connectivity index (χ2n) is 6.77. The Hall–Kier alpha value is -2.69. The Kier molecular flexibility index (Phi) is 3.87. The smallest absolute Gasteiger partial charge is 0.274 e.